The predicted molar refractivity (Wildman–Crippen MR) is 101 cm³/mol. The maximum absolute atomic E-state index is 11.5. The number of aryl methyl sites for hydroxylation is 1. The molecule has 1 amide bonds. The Labute approximate surface area is 155 Å². The van der Waals surface area contributed by atoms with Crippen molar-refractivity contribution in [2.24, 2.45) is 13.0 Å². The Balaban J connectivity index is 1.64. The highest BCUT2D eigenvalue weighted by atomic mass is 79.9. The SMILES string of the molecule is CNC(=O)CN1CCC(CN(C)c2ncnc3c2c(Br)nn3C)CC1. The molecule has 1 N–H and O–H groups in total. The fourth-order valence-corrected chi connectivity index (χ4v) is 3.99. The molecule has 25 heavy (non-hydrogen) atoms. The number of aromatic nitrogens is 4. The van der Waals surface area contributed by atoms with E-state index in [1.807, 2.05) is 7.05 Å². The topological polar surface area (TPSA) is 79.2 Å². The monoisotopic (exact) mass is 409 g/mol. The summed E-state index contributed by atoms with van der Waals surface area (Å²) in [6, 6.07) is 0. The summed E-state index contributed by atoms with van der Waals surface area (Å²) >= 11 is 3.52. The highest BCUT2D eigenvalue weighted by Gasteiger charge is 2.23. The Morgan fingerprint density at radius 3 is 2.80 bits per heavy atom. The number of anilines is 1. The van der Waals surface area contributed by atoms with Crippen LogP contribution in [-0.2, 0) is 11.8 Å². The van der Waals surface area contributed by atoms with Gasteiger partial charge in [-0.3, -0.25) is 9.69 Å². The van der Waals surface area contributed by atoms with Gasteiger partial charge in [0, 0.05) is 27.7 Å². The predicted octanol–water partition coefficient (Wildman–Crippen LogP) is 1.02. The fraction of sp³-hybridized carbons (Fsp3) is 0.625. The molecular weight excluding hydrogens is 386 g/mol. The molecule has 3 heterocycles. The molecule has 136 valence electrons. The van der Waals surface area contributed by atoms with Gasteiger partial charge < -0.3 is 10.2 Å². The number of fused-ring (bicyclic) bond motifs is 1. The molecule has 0 spiro atoms. The molecule has 0 aromatic carbocycles. The molecule has 3 rings (SSSR count). The van der Waals surface area contributed by atoms with Crippen LogP contribution >= 0.6 is 15.9 Å². The highest BCUT2D eigenvalue weighted by molar-refractivity contribution is 9.10. The van der Waals surface area contributed by atoms with Gasteiger partial charge in [-0.1, -0.05) is 0 Å². The smallest absolute Gasteiger partial charge is 0.233 e. The zero-order chi connectivity index (χ0) is 18.0. The number of rotatable bonds is 5. The van der Waals surface area contributed by atoms with Crippen molar-refractivity contribution in [1.29, 1.82) is 0 Å². The molecule has 1 aliphatic heterocycles. The van der Waals surface area contributed by atoms with Crippen molar-refractivity contribution in [2.75, 3.05) is 45.2 Å². The number of carbonyl (C=O) groups excluding carboxylic acids is 1. The number of piperidine rings is 1. The zero-order valence-corrected chi connectivity index (χ0v) is 16.5. The van der Waals surface area contributed by atoms with Crippen LogP contribution in [-0.4, -0.2) is 70.8 Å². The summed E-state index contributed by atoms with van der Waals surface area (Å²) in [6.45, 7) is 3.35. The lowest BCUT2D eigenvalue weighted by Crippen LogP contribution is -2.42. The Bertz CT molecular complexity index is 754. The second kappa shape index (κ2) is 7.65. The maximum atomic E-state index is 11.5. The molecule has 0 atom stereocenters. The first-order chi connectivity index (χ1) is 12.0. The van der Waals surface area contributed by atoms with Crippen LogP contribution in [0.2, 0.25) is 0 Å². The van der Waals surface area contributed by atoms with E-state index in [4.69, 9.17) is 0 Å². The van der Waals surface area contributed by atoms with Crippen molar-refractivity contribution in [3.63, 3.8) is 0 Å². The van der Waals surface area contributed by atoms with E-state index in [0.29, 0.717) is 12.5 Å². The van der Waals surface area contributed by atoms with Crippen molar-refractivity contribution in [2.45, 2.75) is 12.8 Å². The Kier molecular flexibility index (Phi) is 5.53. The van der Waals surface area contributed by atoms with Gasteiger partial charge in [0.2, 0.25) is 5.91 Å². The molecule has 1 aliphatic rings. The summed E-state index contributed by atoms with van der Waals surface area (Å²) in [5, 5.41) is 8.02. The van der Waals surface area contributed by atoms with Gasteiger partial charge in [0.1, 0.15) is 16.7 Å². The largest absolute Gasteiger partial charge is 0.359 e. The van der Waals surface area contributed by atoms with E-state index in [2.05, 4.69) is 53.2 Å². The molecule has 0 unspecified atom stereocenters. The molecule has 9 heteroatoms. The number of nitrogens with zero attached hydrogens (tertiary/aromatic N) is 6. The van der Waals surface area contributed by atoms with Crippen LogP contribution in [0.1, 0.15) is 12.8 Å². The molecule has 2 aromatic heterocycles. The maximum Gasteiger partial charge on any atom is 0.233 e. The number of nitrogens with one attached hydrogen (secondary N) is 1. The normalized spacial score (nSPS) is 16.3. The number of hydrogen-bond acceptors (Lipinski definition) is 6. The van der Waals surface area contributed by atoms with Crippen molar-refractivity contribution in [1.82, 2.24) is 30.0 Å². The van der Waals surface area contributed by atoms with E-state index >= 15 is 0 Å². The van der Waals surface area contributed by atoms with E-state index < -0.39 is 0 Å². The van der Waals surface area contributed by atoms with E-state index in [1.54, 1.807) is 18.1 Å². The average molecular weight is 410 g/mol. The van der Waals surface area contributed by atoms with Gasteiger partial charge in [0.05, 0.1) is 11.9 Å². The van der Waals surface area contributed by atoms with Crippen LogP contribution in [0.25, 0.3) is 11.0 Å². The van der Waals surface area contributed by atoms with Crippen LogP contribution in [0.5, 0.6) is 0 Å². The first kappa shape index (κ1) is 18.1. The van der Waals surface area contributed by atoms with E-state index in [0.717, 1.165) is 53.9 Å². The van der Waals surface area contributed by atoms with Gasteiger partial charge in [-0.25, -0.2) is 14.6 Å². The van der Waals surface area contributed by atoms with Crippen molar-refractivity contribution < 1.29 is 4.79 Å². The molecule has 1 saturated heterocycles. The third-order valence-corrected chi connectivity index (χ3v) is 5.36. The summed E-state index contributed by atoms with van der Waals surface area (Å²) in [7, 11) is 5.63. The van der Waals surface area contributed by atoms with Crippen LogP contribution in [0.3, 0.4) is 0 Å². The quantitative estimate of drug-likeness (QED) is 0.793. The zero-order valence-electron chi connectivity index (χ0n) is 14.9. The molecular formula is C16H24BrN7O. The fourth-order valence-electron chi connectivity index (χ4n) is 3.40. The van der Waals surface area contributed by atoms with E-state index in [-0.39, 0.29) is 5.91 Å². The van der Waals surface area contributed by atoms with E-state index in [9.17, 15) is 4.79 Å². The second-order valence-electron chi connectivity index (χ2n) is 6.58. The Hall–Kier alpha value is -1.74. The summed E-state index contributed by atoms with van der Waals surface area (Å²) in [6.07, 6.45) is 3.77. The third-order valence-electron chi connectivity index (χ3n) is 4.80. The van der Waals surface area contributed by atoms with Crippen molar-refractivity contribution >= 4 is 38.7 Å². The molecule has 0 radical (unpaired) electrons. The minimum atomic E-state index is 0.0837. The molecule has 2 aromatic rings. The first-order valence-corrected chi connectivity index (χ1v) is 9.26. The number of carbonyl (C=O) groups is 1. The number of halogens is 1. The van der Waals surface area contributed by atoms with E-state index in [1.165, 1.54) is 0 Å². The minimum Gasteiger partial charge on any atom is -0.359 e. The third kappa shape index (κ3) is 3.92. The highest BCUT2D eigenvalue weighted by Crippen LogP contribution is 2.30. The van der Waals surface area contributed by atoms with Gasteiger partial charge >= 0.3 is 0 Å². The lowest BCUT2D eigenvalue weighted by Gasteiger charge is -2.33. The first-order valence-electron chi connectivity index (χ1n) is 8.47. The lowest BCUT2D eigenvalue weighted by molar-refractivity contribution is -0.122. The van der Waals surface area contributed by atoms with Crippen LogP contribution < -0.4 is 10.2 Å². The van der Waals surface area contributed by atoms with Gasteiger partial charge in [0.25, 0.3) is 0 Å². The standard InChI is InChI=1S/C16H24BrN7O/c1-18-12(25)9-24-6-4-11(5-7-24)8-22(2)15-13-14(17)21-23(3)16(13)20-10-19-15/h10-11H,4-9H2,1-3H3,(H,18,25). The summed E-state index contributed by atoms with van der Waals surface area (Å²) in [4.78, 5) is 24.7. The summed E-state index contributed by atoms with van der Waals surface area (Å²) in [5.41, 5.74) is 0.823. The van der Waals surface area contributed by atoms with Crippen molar-refractivity contribution in [3.05, 3.63) is 10.9 Å². The average Bonchev–Trinajstić information content (AvgIpc) is 2.91. The lowest BCUT2D eigenvalue weighted by atomic mass is 9.96. The molecule has 0 bridgehead atoms. The molecule has 0 aliphatic carbocycles. The van der Waals surface area contributed by atoms with Gasteiger partial charge in [-0.15, -0.1) is 0 Å². The second-order valence-corrected chi connectivity index (χ2v) is 7.33. The Morgan fingerprint density at radius 1 is 1.40 bits per heavy atom. The van der Waals surface area contributed by atoms with Gasteiger partial charge in [-0.05, 0) is 47.8 Å². The van der Waals surface area contributed by atoms with Crippen molar-refractivity contribution in [3.8, 4) is 0 Å². The minimum absolute atomic E-state index is 0.0837. The summed E-state index contributed by atoms with van der Waals surface area (Å²) < 4.78 is 2.53. The number of hydrogen-bond donors (Lipinski definition) is 1. The molecule has 0 saturated carbocycles. The number of amides is 1. The van der Waals surface area contributed by atoms with Gasteiger partial charge in [0.15, 0.2) is 5.65 Å². The summed E-state index contributed by atoms with van der Waals surface area (Å²) in [5.74, 6) is 1.57. The number of likely N-dealkylation sites (N-methyl/N-ethyl adjacent to an activating group) is 1. The van der Waals surface area contributed by atoms with Crippen LogP contribution in [0, 0.1) is 5.92 Å². The molecule has 1 fully saturated rings. The van der Waals surface area contributed by atoms with Crippen LogP contribution in [0.4, 0.5) is 5.82 Å². The number of likely N-dealkylation sites (tertiary alicyclic amines) is 1. The molecule has 8 nitrogen and oxygen atoms in total. The van der Waals surface area contributed by atoms with Gasteiger partial charge in [-0.2, -0.15) is 5.10 Å². The van der Waals surface area contributed by atoms with Crippen LogP contribution in [0.15, 0.2) is 10.9 Å². The Morgan fingerprint density at radius 2 is 2.12 bits per heavy atom.